The van der Waals surface area contributed by atoms with E-state index in [1.165, 1.54) is 0 Å². The van der Waals surface area contributed by atoms with E-state index in [1.807, 2.05) is 13.8 Å². The Kier molecular flexibility index (Phi) is 4.81. The zero-order chi connectivity index (χ0) is 18.0. The molecule has 0 saturated carbocycles. The highest BCUT2D eigenvalue weighted by Gasteiger charge is 2.19. The van der Waals surface area contributed by atoms with Crippen molar-refractivity contribution in [1.29, 1.82) is 0 Å². The van der Waals surface area contributed by atoms with Crippen molar-refractivity contribution in [2.45, 2.75) is 19.9 Å². The fourth-order valence-corrected chi connectivity index (χ4v) is 2.56. The van der Waals surface area contributed by atoms with Crippen LogP contribution in [-0.2, 0) is 0 Å². The topological polar surface area (TPSA) is 76.7 Å². The molecular formula is C18H17ClN2O4. The van der Waals surface area contributed by atoms with Gasteiger partial charge in [-0.25, -0.2) is 0 Å². The molecule has 2 N–H and O–H groups in total. The van der Waals surface area contributed by atoms with E-state index in [2.05, 4.69) is 10.6 Å². The average molecular weight is 361 g/mol. The maximum atomic E-state index is 12.5. The number of anilines is 1. The zero-order valence-electron chi connectivity index (χ0n) is 13.8. The van der Waals surface area contributed by atoms with Crippen molar-refractivity contribution in [3.8, 4) is 11.5 Å². The van der Waals surface area contributed by atoms with Crippen molar-refractivity contribution in [3.63, 3.8) is 0 Å². The second-order valence-corrected chi connectivity index (χ2v) is 6.28. The molecule has 3 rings (SSSR count). The predicted molar refractivity (Wildman–Crippen MR) is 94.6 cm³/mol. The molecule has 1 heterocycles. The minimum Gasteiger partial charge on any atom is -0.454 e. The highest BCUT2D eigenvalue weighted by Crippen LogP contribution is 2.33. The van der Waals surface area contributed by atoms with E-state index in [4.69, 9.17) is 21.1 Å². The number of carbonyl (C=O) groups is 2. The van der Waals surface area contributed by atoms with E-state index >= 15 is 0 Å². The predicted octanol–water partition coefficient (Wildman–Crippen LogP) is 3.46. The van der Waals surface area contributed by atoms with Crippen LogP contribution in [0.5, 0.6) is 11.5 Å². The molecule has 0 atom stereocenters. The van der Waals surface area contributed by atoms with Gasteiger partial charge in [-0.1, -0.05) is 11.6 Å². The summed E-state index contributed by atoms with van der Waals surface area (Å²) in [7, 11) is 0. The molecule has 7 heteroatoms. The summed E-state index contributed by atoms with van der Waals surface area (Å²) < 4.78 is 10.5. The second kappa shape index (κ2) is 7.03. The molecule has 0 aliphatic carbocycles. The summed E-state index contributed by atoms with van der Waals surface area (Å²) in [6.07, 6.45) is 0. The van der Waals surface area contributed by atoms with E-state index in [0.717, 1.165) is 0 Å². The first kappa shape index (κ1) is 17.1. The molecule has 0 unspecified atom stereocenters. The number of fused-ring (bicyclic) bond motifs is 1. The van der Waals surface area contributed by atoms with Crippen molar-refractivity contribution >= 4 is 29.1 Å². The number of benzene rings is 2. The lowest BCUT2D eigenvalue weighted by molar-refractivity contribution is 0.0944. The molecule has 0 bridgehead atoms. The number of halogens is 1. The van der Waals surface area contributed by atoms with Crippen molar-refractivity contribution in [2.24, 2.45) is 0 Å². The largest absolute Gasteiger partial charge is 0.454 e. The van der Waals surface area contributed by atoms with Crippen molar-refractivity contribution < 1.29 is 19.1 Å². The number of ether oxygens (including phenoxy) is 2. The molecule has 2 amide bonds. The summed E-state index contributed by atoms with van der Waals surface area (Å²) >= 11 is 6.01. The molecule has 130 valence electrons. The number of rotatable bonds is 4. The lowest BCUT2D eigenvalue weighted by Gasteiger charge is -2.14. The Labute approximate surface area is 150 Å². The van der Waals surface area contributed by atoms with Gasteiger partial charge < -0.3 is 20.1 Å². The Balaban J connectivity index is 1.85. The van der Waals surface area contributed by atoms with Crippen LogP contribution in [0.15, 0.2) is 36.4 Å². The zero-order valence-corrected chi connectivity index (χ0v) is 14.5. The van der Waals surface area contributed by atoms with Gasteiger partial charge in [0.1, 0.15) is 0 Å². The van der Waals surface area contributed by atoms with Crippen LogP contribution in [0.4, 0.5) is 5.69 Å². The molecule has 2 aromatic carbocycles. The van der Waals surface area contributed by atoms with Crippen LogP contribution in [0.2, 0.25) is 5.02 Å². The molecule has 1 aliphatic rings. The van der Waals surface area contributed by atoms with E-state index < -0.39 is 0 Å². The van der Waals surface area contributed by atoms with Gasteiger partial charge in [-0.2, -0.15) is 0 Å². The first-order chi connectivity index (χ1) is 11.9. The Hall–Kier alpha value is -2.73. The van der Waals surface area contributed by atoms with Gasteiger partial charge in [0.15, 0.2) is 11.5 Å². The van der Waals surface area contributed by atoms with E-state index in [9.17, 15) is 9.59 Å². The molecule has 6 nitrogen and oxygen atoms in total. The molecule has 2 aromatic rings. The Morgan fingerprint density at radius 3 is 2.56 bits per heavy atom. The van der Waals surface area contributed by atoms with Gasteiger partial charge in [0.2, 0.25) is 6.79 Å². The lowest BCUT2D eigenvalue weighted by Crippen LogP contribution is -2.31. The summed E-state index contributed by atoms with van der Waals surface area (Å²) in [5.74, 6) is 0.444. The minimum absolute atomic E-state index is 0.0272. The van der Waals surface area contributed by atoms with Gasteiger partial charge in [0.25, 0.3) is 11.8 Å². The number of hydrogen-bond donors (Lipinski definition) is 2. The number of amides is 2. The quantitative estimate of drug-likeness (QED) is 0.875. The first-order valence-electron chi connectivity index (χ1n) is 7.75. The fourth-order valence-electron chi connectivity index (χ4n) is 2.39. The van der Waals surface area contributed by atoms with Crippen LogP contribution < -0.4 is 20.1 Å². The van der Waals surface area contributed by atoms with Crippen LogP contribution in [0.3, 0.4) is 0 Å². The van der Waals surface area contributed by atoms with E-state index in [0.29, 0.717) is 33.3 Å². The molecular weight excluding hydrogens is 344 g/mol. The lowest BCUT2D eigenvalue weighted by atomic mass is 10.1. The van der Waals surface area contributed by atoms with Crippen molar-refractivity contribution in [3.05, 3.63) is 52.5 Å². The maximum absolute atomic E-state index is 12.5. The normalized spacial score (nSPS) is 12.2. The van der Waals surface area contributed by atoms with Gasteiger partial charge in [-0.05, 0) is 50.2 Å². The van der Waals surface area contributed by atoms with Crippen LogP contribution in [0.25, 0.3) is 0 Å². The summed E-state index contributed by atoms with van der Waals surface area (Å²) in [5.41, 5.74) is 1.07. The van der Waals surface area contributed by atoms with Crippen LogP contribution in [-0.4, -0.2) is 24.6 Å². The SMILES string of the molecule is CC(C)NC(=O)c1ccc(Cl)cc1NC(=O)c1ccc2c(c1)OCO2. The molecule has 1 aliphatic heterocycles. The highest BCUT2D eigenvalue weighted by atomic mass is 35.5. The Morgan fingerprint density at radius 1 is 1.04 bits per heavy atom. The van der Waals surface area contributed by atoms with E-state index in [-0.39, 0.29) is 24.6 Å². The average Bonchev–Trinajstić information content (AvgIpc) is 3.01. The Morgan fingerprint density at radius 2 is 1.80 bits per heavy atom. The van der Waals surface area contributed by atoms with Gasteiger partial charge >= 0.3 is 0 Å². The molecule has 0 radical (unpaired) electrons. The van der Waals surface area contributed by atoms with Gasteiger partial charge in [-0.15, -0.1) is 0 Å². The van der Waals surface area contributed by atoms with Gasteiger partial charge in [0.05, 0.1) is 11.3 Å². The van der Waals surface area contributed by atoms with Crippen LogP contribution >= 0.6 is 11.6 Å². The summed E-state index contributed by atoms with van der Waals surface area (Å²) in [6.45, 7) is 3.85. The summed E-state index contributed by atoms with van der Waals surface area (Å²) in [4.78, 5) is 24.9. The standard InChI is InChI=1S/C18H17ClN2O4/c1-10(2)20-18(23)13-5-4-12(19)8-14(13)21-17(22)11-3-6-15-16(7-11)25-9-24-15/h3-8,10H,9H2,1-2H3,(H,20,23)(H,21,22). The number of hydrogen-bond acceptors (Lipinski definition) is 4. The molecule has 0 aromatic heterocycles. The molecule has 25 heavy (non-hydrogen) atoms. The maximum Gasteiger partial charge on any atom is 0.255 e. The van der Waals surface area contributed by atoms with Gasteiger partial charge in [0, 0.05) is 16.6 Å². The second-order valence-electron chi connectivity index (χ2n) is 5.84. The fraction of sp³-hybridized carbons (Fsp3) is 0.222. The van der Waals surface area contributed by atoms with Crippen molar-refractivity contribution in [1.82, 2.24) is 5.32 Å². The third kappa shape index (κ3) is 3.85. The van der Waals surface area contributed by atoms with Gasteiger partial charge in [-0.3, -0.25) is 9.59 Å². The van der Waals surface area contributed by atoms with E-state index in [1.54, 1.807) is 36.4 Å². The Bertz CT molecular complexity index is 836. The van der Waals surface area contributed by atoms with Crippen molar-refractivity contribution in [2.75, 3.05) is 12.1 Å². The van der Waals surface area contributed by atoms with Crippen LogP contribution in [0.1, 0.15) is 34.6 Å². The summed E-state index contributed by atoms with van der Waals surface area (Å²) in [6, 6.07) is 9.59. The summed E-state index contributed by atoms with van der Waals surface area (Å²) in [5, 5.41) is 5.95. The third-order valence-corrected chi connectivity index (χ3v) is 3.76. The highest BCUT2D eigenvalue weighted by molar-refractivity contribution is 6.31. The molecule has 0 saturated heterocycles. The monoisotopic (exact) mass is 360 g/mol. The molecule has 0 spiro atoms. The smallest absolute Gasteiger partial charge is 0.255 e. The minimum atomic E-state index is -0.376. The number of carbonyl (C=O) groups excluding carboxylic acids is 2. The molecule has 0 fully saturated rings. The third-order valence-electron chi connectivity index (χ3n) is 3.53. The number of nitrogens with one attached hydrogen (secondary N) is 2. The first-order valence-corrected chi connectivity index (χ1v) is 8.13. The van der Waals surface area contributed by atoms with Crippen LogP contribution in [0, 0.1) is 0 Å².